The Kier molecular flexibility index (Phi) is 5.82. The van der Waals surface area contributed by atoms with E-state index in [1.807, 2.05) is 30.3 Å². The van der Waals surface area contributed by atoms with Crippen molar-refractivity contribution in [2.75, 3.05) is 5.32 Å². The molecule has 1 heterocycles. The lowest BCUT2D eigenvalue weighted by Gasteiger charge is -2.10. The molecule has 7 heteroatoms. The second kappa shape index (κ2) is 8.27. The zero-order valence-electron chi connectivity index (χ0n) is 13.5. The first kappa shape index (κ1) is 18.3. The minimum absolute atomic E-state index is 0.134. The second-order valence-electron chi connectivity index (χ2n) is 5.39. The predicted octanol–water partition coefficient (Wildman–Crippen LogP) is 4.33. The Hall–Kier alpha value is -2.48. The number of amides is 1. The quantitative estimate of drug-likeness (QED) is 0.537. The molecule has 0 spiro atoms. The van der Waals surface area contributed by atoms with E-state index >= 15 is 0 Å². The van der Waals surface area contributed by atoms with Gasteiger partial charge in [-0.1, -0.05) is 12.1 Å². The van der Waals surface area contributed by atoms with Crippen LogP contribution in [0.2, 0.25) is 0 Å². The molecule has 3 aromatic rings. The fourth-order valence-corrected chi connectivity index (χ4v) is 2.99. The Morgan fingerprint density at radius 1 is 1.08 bits per heavy atom. The maximum absolute atomic E-state index is 12.2. The molecule has 0 aliphatic rings. The van der Waals surface area contributed by atoms with Crippen LogP contribution < -0.4 is 10.6 Å². The van der Waals surface area contributed by atoms with Crippen molar-refractivity contribution in [2.45, 2.75) is 6.61 Å². The van der Waals surface area contributed by atoms with E-state index in [9.17, 15) is 4.79 Å². The molecule has 0 aliphatic carbocycles. The number of carbonyl (C=O) groups excluding carboxylic acids is 1. The molecule has 0 unspecified atom stereocenters. The molecule has 5 nitrogen and oxygen atoms in total. The van der Waals surface area contributed by atoms with Crippen molar-refractivity contribution < 1.29 is 14.3 Å². The third-order valence-corrected chi connectivity index (χ3v) is 4.49. The Labute approximate surface area is 164 Å². The number of hydrogen-bond acceptors (Lipinski definition) is 4. The van der Waals surface area contributed by atoms with Crippen molar-refractivity contribution in [1.82, 2.24) is 5.32 Å². The number of aliphatic hydroxyl groups excluding tert-OH is 1. The van der Waals surface area contributed by atoms with Crippen LogP contribution in [0, 0.1) is 0 Å². The number of nitrogens with one attached hydrogen (secondary N) is 2. The van der Waals surface area contributed by atoms with Gasteiger partial charge in [0, 0.05) is 15.7 Å². The Balaban J connectivity index is 1.62. The molecule has 0 radical (unpaired) electrons. The number of benzene rings is 2. The van der Waals surface area contributed by atoms with E-state index in [2.05, 4.69) is 26.6 Å². The molecule has 0 aliphatic heterocycles. The maximum atomic E-state index is 12.2. The van der Waals surface area contributed by atoms with Gasteiger partial charge in [0.1, 0.15) is 18.1 Å². The van der Waals surface area contributed by atoms with Crippen LogP contribution in [0.1, 0.15) is 16.1 Å². The molecule has 3 rings (SSSR count). The fourth-order valence-electron chi connectivity index (χ4n) is 2.31. The summed E-state index contributed by atoms with van der Waals surface area (Å²) < 4.78 is 6.19. The van der Waals surface area contributed by atoms with Crippen molar-refractivity contribution in [3.05, 3.63) is 76.5 Å². The minimum atomic E-state index is -0.293. The van der Waals surface area contributed by atoms with E-state index in [4.69, 9.17) is 21.7 Å². The third kappa shape index (κ3) is 4.37. The Morgan fingerprint density at radius 3 is 2.46 bits per heavy atom. The van der Waals surface area contributed by atoms with Gasteiger partial charge >= 0.3 is 0 Å². The number of hydrogen-bond donors (Lipinski definition) is 3. The molecule has 0 saturated heterocycles. The first-order valence-corrected chi connectivity index (χ1v) is 8.94. The van der Waals surface area contributed by atoms with Gasteiger partial charge in [0.15, 0.2) is 5.11 Å². The topological polar surface area (TPSA) is 74.5 Å². The SMILES string of the molecule is O=C(NC(=S)Nc1ccc(-c2ccc(CO)o2)cc1)c1ccccc1Br. The normalized spacial score (nSPS) is 10.4. The summed E-state index contributed by atoms with van der Waals surface area (Å²) in [6, 6.07) is 18.0. The lowest BCUT2D eigenvalue weighted by atomic mass is 10.1. The van der Waals surface area contributed by atoms with Gasteiger partial charge in [-0.2, -0.15) is 0 Å². The number of aliphatic hydroxyl groups is 1. The number of thiocarbonyl (C=S) groups is 1. The van der Waals surface area contributed by atoms with E-state index in [-0.39, 0.29) is 17.6 Å². The highest BCUT2D eigenvalue weighted by Crippen LogP contribution is 2.24. The van der Waals surface area contributed by atoms with Crippen molar-refractivity contribution in [1.29, 1.82) is 0 Å². The second-order valence-corrected chi connectivity index (χ2v) is 6.65. The molecule has 26 heavy (non-hydrogen) atoms. The molecule has 3 N–H and O–H groups in total. The predicted molar refractivity (Wildman–Crippen MR) is 108 cm³/mol. The highest BCUT2D eigenvalue weighted by Gasteiger charge is 2.11. The summed E-state index contributed by atoms with van der Waals surface area (Å²) in [7, 11) is 0. The molecular weight excluding hydrogens is 416 g/mol. The molecule has 0 fully saturated rings. The number of carbonyl (C=O) groups is 1. The molecule has 2 aromatic carbocycles. The number of halogens is 1. The van der Waals surface area contributed by atoms with Gasteiger partial charge < -0.3 is 14.8 Å². The van der Waals surface area contributed by atoms with Gasteiger partial charge in [-0.3, -0.25) is 10.1 Å². The highest BCUT2D eigenvalue weighted by atomic mass is 79.9. The standard InChI is InChI=1S/C19H15BrN2O3S/c20-16-4-2-1-3-15(16)18(24)22-19(26)21-13-7-5-12(6-8-13)17-10-9-14(11-23)25-17/h1-10,23H,11H2,(H2,21,22,24,26). The van der Waals surface area contributed by atoms with Crippen molar-refractivity contribution >= 4 is 44.9 Å². The van der Waals surface area contributed by atoms with E-state index in [0.717, 1.165) is 11.3 Å². The fraction of sp³-hybridized carbons (Fsp3) is 0.0526. The van der Waals surface area contributed by atoms with Crippen LogP contribution in [0.4, 0.5) is 5.69 Å². The lowest BCUT2D eigenvalue weighted by molar-refractivity contribution is 0.0977. The first-order chi connectivity index (χ1) is 12.6. The maximum Gasteiger partial charge on any atom is 0.258 e. The molecule has 1 aromatic heterocycles. The Bertz CT molecular complexity index is 938. The summed E-state index contributed by atoms with van der Waals surface area (Å²) in [5.41, 5.74) is 2.11. The van der Waals surface area contributed by atoms with Gasteiger partial charge in [-0.25, -0.2) is 0 Å². The number of furan rings is 1. The number of rotatable bonds is 4. The monoisotopic (exact) mass is 430 g/mol. The van der Waals surface area contributed by atoms with Crippen molar-refractivity contribution in [3.8, 4) is 11.3 Å². The minimum Gasteiger partial charge on any atom is -0.459 e. The first-order valence-electron chi connectivity index (χ1n) is 7.73. The molecule has 132 valence electrons. The van der Waals surface area contributed by atoms with Crippen LogP contribution in [0.3, 0.4) is 0 Å². The van der Waals surface area contributed by atoms with Crippen LogP contribution in [-0.2, 0) is 6.61 Å². The average molecular weight is 431 g/mol. The van der Waals surface area contributed by atoms with Crippen LogP contribution in [0.5, 0.6) is 0 Å². The third-order valence-electron chi connectivity index (χ3n) is 3.59. The molecule has 0 saturated carbocycles. The average Bonchev–Trinajstić information content (AvgIpc) is 3.11. The number of anilines is 1. The van der Waals surface area contributed by atoms with Crippen LogP contribution in [-0.4, -0.2) is 16.1 Å². The van der Waals surface area contributed by atoms with Crippen LogP contribution in [0.25, 0.3) is 11.3 Å². The molecular formula is C19H15BrN2O3S. The molecule has 0 bridgehead atoms. The molecule has 1 amide bonds. The largest absolute Gasteiger partial charge is 0.459 e. The molecule has 0 atom stereocenters. The van der Waals surface area contributed by atoms with E-state index < -0.39 is 0 Å². The van der Waals surface area contributed by atoms with Gasteiger partial charge in [0.05, 0.1) is 5.56 Å². The summed E-state index contributed by atoms with van der Waals surface area (Å²) in [5.74, 6) is 0.891. The zero-order valence-corrected chi connectivity index (χ0v) is 15.9. The van der Waals surface area contributed by atoms with E-state index in [0.29, 0.717) is 21.6 Å². The highest BCUT2D eigenvalue weighted by molar-refractivity contribution is 9.10. The van der Waals surface area contributed by atoms with Gasteiger partial charge in [-0.15, -0.1) is 0 Å². The van der Waals surface area contributed by atoms with Crippen LogP contribution in [0.15, 0.2) is 69.6 Å². The summed E-state index contributed by atoms with van der Waals surface area (Å²) in [5, 5.41) is 14.9. The van der Waals surface area contributed by atoms with Crippen molar-refractivity contribution in [2.24, 2.45) is 0 Å². The van der Waals surface area contributed by atoms with E-state index in [1.54, 1.807) is 30.3 Å². The smallest absolute Gasteiger partial charge is 0.258 e. The summed E-state index contributed by atoms with van der Waals surface area (Å²) in [6.45, 7) is -0.134. The van der Waals surface area contributed by atoms with E-state index in [1.165, 1.54) is 0 Å². The van der Waals surface area contributed by atoms with Gasteiger partial charge in [0.2, 0.25) is 0 Å². The van der Waals surface area contributed by atoms with Crippen LogP contribution >= 0.6 is 28.1 Å². The lowest BCUT2D eigenvalue weighted by Crippen LogP contribution is -2.34. The summed E-state index contributed by atoms with van der Waals surface area (Å²) >= 11 is 8.54. The summed E-state index contributed by atoms with van der Waals surface area (Å²) in [6.07, 6.45) is 0. The Morgan fingerprint density at radius 2 is 1.81 bits per heavy atom. The van der Waals surface area contributed by atoms with Gasteiger partial charge in [0.25, 0.3) is 5.91 Å². The van der Waals surface area contributed by atoms with Crippen molar-refractivity contribution in [3.63, 3.8) is 0 Å². The summed E-state index contributed by atoms with van der Waals surface area (Å²) in [4.78, 5) is 12.2. The zero-order chi connectivity index (χ0) is 18.5. The van der Waals surface area contributed by atoms with Gasteiger partial charge in [-0.05, 0) is 76.7 Å².